The van der Waals surface area contributed by atoms with E-state index in [-0.39, 0.29) is 0 Å². The first kappa shape index (κ1) is 10.0. The lowest BCUT2D eigenvalue weighted by molar-refractivity contribution is 0.0626. The summed E-state index contributed by atoms with van der Waals surface area (Å²) >= 11 is 0. The van der Waals surface area contributed by atoms with Crippen LogP contribution in [0.3, 0.4) is 0 Å². The van der Waals surface area contributed by atoms with Crippen molar-refractivity contribution >= 4 is 0 Å². The molecule has 0 radical (unpaired) electrons. The highest BCUT2D eigenvalue weighted by Crippen LogP contribution is 2.35. The molecule has 0 N–H and O–H groups in total. The number of nitrogens with zero attached hydrogens (tertiary/aromatic N) is 3. The second kappa shape index (κ2) is 4.01. The van der Waals surface area contributed by atoms with Crippen LogP contribution in [0.2, 0.25) is 0 Å². The van der Waals surface area contributed by atoms with Crippen LogP contribution < -0.4 is 4.74 Å². The molecular weight excluding hydrogens is 202 g/mol. The Balaban J connectivity index is 1.66. The quantitative estimate of drug-likeness (QED) is 0.755. The molecule has 1 aromatic rings. The molecule has 2 aliphatic rings. The van der Waals surface area contributed by atoms with E-state index in [1.54, 1.807) is 6.20 Å². The van der Waals surface area contributed by atoms with E-state index < -0.39 is 0 Å². The third-order valence-electron chi connectivity index (χ3n) is 3.89. The Kier molecular flexibility index (Phi) is 2.52. The summed E-state index contributed by atoms with van der Waals surface area (Å²) in [6.45, 7) is 0. The minimum Gasteiger partial charge on any atom is -0.473 e. The molecule has 0 spiro atoms. The van der Waals surface area contributed by atoms with Crippen molar-refractivity contribution in [1.29, 1.82) is 0 Å². The molecule has 0 aromatic carbocycles. The van der Waals surface area contributed by atoms with Crippen molar-refractivity contribution in [2.24, 2.45) is 0 Å². The van der Waals surface area contributed by atoms with E-state index in [0.29, 0.717) is 24.1 Å². The van der Waals surface area contributed by atoms with Gasteiger partial charge in [0.15, 0.2) is 0 Å². The van der Waals surface area contributed by atoms with Gasteiger partial charge >= 0.3 is 0 Å². The van der Waals surface area contributed by atoms with Gasteiger partial charge in [0.2, 0.25) is 5.88 Å². The molecule has 0 saturated carbocycles. The van der Waals surface area contributed by atoms with Crippen molar-refractivity contribution in [2.45, 2.75) is 43.9 Å². The van der Waals surface area contributed by atoms with Gasteiger partial charge in [-0.2, -0.15) is 5.10 Å². The first-order valence-corrected chi connectivity index (χ1v) is 5.99. The topological polar surface area (TPSA) is 38.2 Å². The summed E-state index contributed by atoms with van der Waals surface area (Å²) in [5, 5.41) is 7.81. The van der Waals surface area contributed by atoms with E-state index in [0.717, 1.165) is 12.8 Å². The van der Waals surface area contributed by atoms with Gasteiger partial charge in [0.25, 0.3) is 0 Å². The standard InChI is InChI=1S/C12H17N3O/c1-15-9-4-5-10(15)8-11(7-9)16-12-3-2-6-13-14-12/h2-3,6,9-11H,4-5,7-8H2,1H3/t9-,10+,11?. The molecule has 1 aromatic heterocycles. The minimum absolute atomic E-state index is 0.324. The molecule has 3 rings (SSSR count). The molecule has 2 bridgehead atoms. The predicted molar refractivity (Wildman–Crippen MR) is 60.3 cm³/mol. The van der Waals surface area contributed by atoms with Crippen LogP contribution in [0.5, 0.6) is 5.88 Å². The van der Waals surface area contributed by atoms with Gasteiger partial charge in [0.1, 0.15) is 6.10 Å². The summed E-state index contributed by atoms with van der Waals surface area (Å²) < 4.78 is 5.88. The predicted octanol–water partition coefficient (Wildman–Crippen LogP) is 1.48. The molecular formula is C12H17N3O. The van der Waals surface area contributed by atoms with Crippen LogP contribution in [0.25, 0.3) is 0 Å². The Morgan fingerprint density at radius 1 is 1.31 bits per heavy atom. The summed E-state index contributed by atoms with van der Waals surface area (Å²) in [7, 11) is 2.24. The van der Waals surface area contributed by atoms with Crippen molar-refractivity contribution in [1.82, 2.24) is 15.1 Å². The monoisotopic (exact) mass is 219 g/mol. The summed E-state index contributed by atoms with van der Waals surface area (Å²) in [4.78, 5) is 2.51. The van der Waals surface area contributed by atoms with Gasteiger partial charge in [-0.1, -0.05) is 0 Å². The number of aromatic nitrogens is 2. The van der Waals surface area contributed by atoms with Crippen molar-refractivity contribution < 1.29 is 4.74 Å². The molecule has 2 fully saturated rings. The number of rotatable bonds is 2. The molecule has 1 unspecified atom stereocenters. The van der Waals surface area contributed by atoms with Crippen LogP contribution >= 0.6 is 0 Å². The van der Waals surface area contributed by atoms with E-state index in [2.05, 4.69) is 22.1 Å². The van der Waals surface area contributed by atoms with Gasteiger partial charge < -0.3 is 9.64 Å². The summed E-state index contributed by atoms with van der Waals surface area (Å²) in [6.07, 6.45) is 6.90. The number of ether oxygens (including phenoxy) is 1. The Morgan fingerprint density at radius 3 is 2.69 bits per heavy atom. The second-order valence-electron chi connectivity index (χ2n) is 4.82. The fourth-order valence-corrected chi connectivity index (χ4v) is 2.98. The van der Waals surface area contributed by atoms with E-state index in [4.69, 9.17) is 4.74 Å². The molecule has 4 heteroatoms. The fraction of sp³-hybridized carbons (Fsp3) is 0.667. The van der Waals surface area contributed by atoms with E-state index in [1.165, 1.54) is 12.8 Å². The Hall–Kier alpha value is -1.16. The van der Waals surface area contributed by atoms with Crippen LogP contribution in [0, 0.1) is 0 Å². The zero-order chi connectivity index (χ0) is 11.0. The molecule has 16 heavy (non-hydrogen) atoms. The van der Waals surface area contributed by atoms with Gasteiger partial charge in [-0.25, -0.2) is 0 Å². The van der Waals surface area contributed by atoms with Gasteiger partial charge in [-0.3, -0.25) is 0 Å². The Bertz CT molecular complexity index is 343. The van der Waals surface area contributed by atoms with Crippen molar-refractivity contribution in [3.05, 3.63) is 18.3 Å². The highest BCUT2D eigenvalue weighted by atomic mass is 16.5. The summed E-state index contributed by atoms with van der Waals surface area (Å²) in [6, 6.07) is 5.17. The Labute approximate surface area is 95.6 Å². The maximum absolute atomic E-state index is 5.88. The van der Waals surface area contributed by atoms with Crippen molar-refractivity contribution in [3.63, 3.8) is 0 Å². The summed E-state index contributed by atoms with van der Waals surface area (Å²) in [5.74, 6) is 0.663. The van der Waals surface area contributed by atoms with Crippen LogP contribution in [-0.2, 0) is 0 Å². The van der Waals surface area contributed by atoms with Crippen molar-refractivity contribution in [3.8, 4) is 5.88 Å². The zero-order valence-corrected chi connectivity index (χ0v) is 9.54. The van der Waals surface area contributed by atoms with Gasteiger partial charge in [-0.05, 0) is 38.8 Å². The van der Waals surface area contributed by atoms with Crippen LogP contribution in [-0.4, -0.2) is 40.3 Å². The number of fused-ring (bicyclic) bond motifs is 2. The Morgan fingerprint density at radius 2 is 2.06 bits per heavy atom. The maximum atomic E-state index is 5.88. The lowest BCUT2D eigenvalue weighted by Gasteiger charge is -2.35. The van der Waals surface area contributed by atoms with Crippen molar-refractivity contribution in [2.75, 3.05) is 7.05 Å². The van der Waals surface area contributed by atoms with Gasteiger partial charge in [-0.15, -0.1) is 5.10 Å². The maximum Gasteiger partial charge on any atom is 0.233 e. The lowest BCUT2D eigenvalue weighted by Crippen LogP contribution is -2.43. The second-order valence-corrected chi connectivity index (χ2v) is 4.82. The molecule has 2 aliphatic heterocycles. The molecule has 2 saturated heterocycles. The smallest absolute Gasteiger partial charge is 0.233 e. The van der Waals surface area contributed by atoms with E-state index in [1.807, 2.05) is 12.1 Å². The third kappa shape index (κ3) is 1.78. The minimum atomic E-state index is 0.324. The molecule has 3 atom stereocenters. The van der Waals surface area contributed by atoms with Crippen LogP contribution in [0.15, 0.2) is 18.3 Å². The van der Waals surface area contributed by atoms with Gasteiger partial charge in [0, 0.05) is 24.3 Å². The van der Waals surface area contributed by atoms with E-state index >= 15 is 0 Å². The fourth-order valence-electron chi connectivity index (χ4n) is 2.98. The van der Waals surface area contributed by atoms with Crippen LogP contribution in [0.4, 0.5) is 0 Å². The first-order chi connectivity index (χ1) is 7.83. The first-order valence-electron chi connectivity index (χ1n) is 5.99. The third-order valence-corrected chi connectivity index (χ3v) is 3.89. The normalized spacial score (nSPS) is 33.9. The number of hydrogen-bond acceptors (Lipinski definition) is 4. The average molecular weight is 219 g/mol. The molecule has 86 valence electrons. The number of piperidine rings is 1. The molecule has 4 nitrogen and oxygen atoms in total. The van der Waals surface area contributed by atoms with Crippen LogP contribution in [0.1, 0.15) is 25.7 Å². The summed E-state index contributed by atoms with van der Waals surface area (Å²) in [5.41, 5.74) is 0. The highest BCUT2D eigenvalue weighted by molar-refractivity contribution is 5.07. The number of hydrogen-bond donors (Lipinski definition) is 0. The molecule has 0 aliphatic carbocycles. The molecule has 3 heterocycles. The van der Waals surface area contributed by atoms with E-state index in [9.17, 15) is 0 Å². The zero-order valence-electron chi connectivity index (χ0n) is 9.54. The average Bonchev–Trinajstić information content (AvgIpc) is 2.54. The molecule has 0 amide bonds. The highest BCUT2D eigenvalue weighted by Gasteiger charge is 2.39. The SMILES string of the molecule is CN1[C@@H]2CC[C@H]1CC(Oc1cccnn1)C2. The lowest BCUT2D eigenvalue weighted by atomic mass is 10.0. The van der Waals surface area contributed by atoms with Gasteiger partial charge in [0.05, 0.1) is 0 Å². The largest absolute Gasteiger partial charge is 0.473 e.